The summed E-state index contributed by atoms with van der Waals surface area (Å²) in [5, 5.41) is 4.10. The lowest BCUT2D eigenvalue weighted by Crippen LogP contribution is -2.25. The Morgan fingerprint density at radius 3 is 2.00 bits per heavy atom. The van der Waals surface area contributed by atoms with Crippen LogP contribution in [0.1, 0.15) is 20.8 Å². The predicted octanol–water partition coefficient (Wildman–Crippen LogP) is 2.99. The van der Waals surface area contributed by atoms with Crippen molar-refractivity contribution in [2.75, 3.05) is 0 Å². The van der Waals surface area contributed by atoms with Gasteiger partial charge in [0.15, 0.2) is 0 Å². The van der Waals surface area contributed by atoms with Gasteiger partial charge in [0, 0.05) is 0 Å². The second-order valence-electron chi connectivity index (χ2n) is 3.48. The standard InChI is InChI=1S/C7H9FI2N2/c1-7(2,3)12-5(8)4(9)6(10)11-12/h1-3H3. The largest absolute Gasteiger partial charge is 0.232 e. The fraction of sp³-hybridized carbons (Fsp3) is 0.571. The highest BCUT2D eigenvalue weighted by atomic mass is 127. The fourth-order valence-electron chi connectivity index (χ4n) is 0.798. The minimum atomic E-state index is -0.284. The number of nitrogens with zero attached hydrogens (tertiary/aromatic N) is 2. The highest BCUT2D eigenvalue weighted by Gasteiger charge is 2.22. The molecule has 0 amide bonds. The van der Waals surface area contributed by atoms with E-state index in [2.05, 4.69) is 5.10 Å². The van der Waals surface area contributed by atoms with Crippen molar-refractivity contribution in [3.05, 3.63) is 13.2 Å². The highest BCUT2D eigenvalue weighted by molar-refractivity contribution is 14.1. The third-order valence-electron chi connectivity index (χ3n) is 1.37. The van der Waals surface area contributed by atoms with E-state index >= 15 is 0 Å². The van der Waals surface area contributed by atoms with Gasteiger partial charge in [0.2, 0.25) is 5.95 Å². The van der Waals surface area contributed by atoms with Crippen LogP contribution in [0.5, 0.6) is 0 Å². The third kappa shape index (κ3) is 1.91. The van der Waals surface area contributed by atoms with Gasteiger partial charge in [-0.2, -0.15) is 9.49 Å². The van der Waals surface area contributed by atoms with E-state index in [0.29, 0.717) is 3.57 Å². The molecule has 1 aromatic rings. The van der Waals surface area contributed by atoms with E-state index in [0.717, 1.165) is 3.70 Å². The van der Waals surface area contributed by atoms with E-state index in [1.165, 1.54) is 4.68 Å². The Balaban J connectivity index is 3.28. The van der Waals surface area contributed by atoms with Crippen LogP contribution in [0.2, 0.25) is 0 Å². The second-order valence-corrected chi connectivity index (χ2v) is 5.58. The summed E-state index contributed by atoms with van der Waals surface area (Å²) in [5.74, 6) is -0.243. The normalized spacial score (nSPS) is 12.2. The molecule has 68 valence electrons. The Labute approximate surface area is 98.2 Å². The zero-order valence-electron chi connectivity index (χ0n) is 7.03. The van der Waals surface area contributed by atoms with Crippen LogP contribution in [0, 0.1) is 13.2 Å². The quantitative estimate of drug-likeness (QED) is 0.619. The van der Waals surface area contributed by atoms with Crippen molar-refractivity contribution in [3.8, 4) is 0 Å². The molecule has 0 bridgehead atoms. The van der Waals surface area contributed by atoms with Gasteiger partial charge in [0.1, 0.15) is 7.27 Å². The highest BCUT2D eigenvalue weighted by Crippen LogP contribution is 2.22. The van der Waals surface area contributed by atoms with Gasteiger partial charge in [0.05, 0.1) is 5.54 Å². The predicted molar refractivity (Wildman–Crippen MR) is 62.6 cm³/mol. The molecule has 0 spiro atoms. The Kier molecular flexibility index (Phi) is 3.02. The Morgan fingerprint density at radius 1 is 1.33 bits per heavy atom. The third-order valence-corrected chi connectivity index (χ3v) is 4.11. The number of halogens is 3. The topological polar surface area (TPSA) is 17.8 Å². The average molecular weight is 394 g/mol. The van der Waals surface area contributed by atoms with Gasteiger partial charge >= 0.3 is 0 Å². The summed E-state index contributed by atoms with van der Waals surface area (Å²) in [5.41, 5.74) is -0.284. The summed E-state index contributed by atoms with van der Waals surface area (Å²) < 4.78 is 16.1. The smallest absolute Gasteiger partial charge is 0.226 e. The lowest BCUT2D eigenvalue weighted by molar-refractivity contribution is 0.297. The lowest BCUT2D eigenvalue weighted by Gasteiger charge is -2.19. The maximum absolute atomic E-state index is 13.4. The van der Waals surface area contributed by atoms with Crippen molar-refractivity contribution < 1.29 is 4.39 Å². The molecule has 1 rings (SSSR count). The number of hydrogen-bond donors (Lipinski definition) is 0. The van der Waals surface area contributed by atoms with E-state index in [9.17, 15) is 4.39 Å². The van der Waals surface area contributed by atoms with Crippen molar-refractivity contribution in [2.24, 2.45) is 0 Å². The van der Waals surface area contributed by atoms with E-state index < -0.39 is 0 Å². The molecule has 0 unspecified atom stereocenters. The number of rotatable bonds is 0. The van der Waals surface area contributed by atoms with Gasteiger partial charge in [0.25, 0.3) is 0 Å². The maximum Gasteiger partial charge on any atom is 0.226 e. The van der Waals surface area contributed by atoms with Gasteiger partial charge in [-0.15, -0.1) is 0 Å². The zero-order valence-corrected chi connectivity index (χ0v) is 11.3. The molecule has 0 aliphatic carbocycles. The lowest BCUT2D eigenvalue weighted by atomic mass is 10.1. The van der Waals surface area contributed by atoms with Crippen molar-refractivity contribution >= 4 is 45.2 Å². The minimum Gasteiger partial charge on any atom is -0.232 e. The summed E-state index contributed by atoms with van der Waals surface area (Å²) in [6.45, 7) is 5.78. The fourth-order valence-corrected chi connectivity index (χ4v) is 1.57. The van der Waals surface area contributed by atoms with Crippen LogP contribution >= 0.6 is 45.2 Å². The molecule has 5 heteroatoms. The SMILES string of the molecule is CC(C)(C)n1nc(I)c(I)c1F. The average Bonchev–Trinajstić information content (AvgIpc) is 2.15. The van der Waals surface area contributed by atoms with Crippen molar-refractivity contribution in [1.29, 1.82) is 0 Å². The van der Waals surface area contributed by atoms with Crippen LogP contribution in [0.4, 0.5) is 4.39 Å². The molecule has 0 aromatic carbocycles. The Morgan fingerprint density at radius 2 is 1.83 bits per heavy atom. The first-order valence-corrected chi connectivity index (χ1v) is 5.60. The van der Waals surface area contributed by atoms with Gasteiger partial charge in [-0.05, 0) is 66.0 Å². The maximum atomic E-state index is 13.4. The first-order chi connectivity index (χ1) is 5.34. The summed E-state index contributed by atoms with van der Waals surface area (Å²) in [7, 11) is 0. The monoisotopic (exact) mass is 394 g/mol. The van der Waals surface area contributed by atoms with E-state index in [-0.39, 0.29) is 11.5 Å². The van der Waals surface area contributed by atoms with E-state index in [4.69, 9.17) is 0 Å². The molecular weight excluding hydrogens is 385 g/mol. The summed E-state index contributed by atoms with van der Waals surface area (Å²) in [4.78, 5) is 0. The molecule has 1 aromatic heterocycles. The van der Waals surface area contributed by atoms with Crippen LogP contribution in [0.25, 0.3) is 0 Å². The van der Waals surface area contributed by atoms with Crippen LogP contribution in [-0.4, -0.2) is 9.78 Å². The number of aromatic nitrogens is 2. The van der Waals surface area contributed by atoms with Crippen molar-refractivity contribution in [3.63, 3.8) is 0 Å². The molecule has 0 saturated heterocycles. The van der Waals surface area contributed by atoms with Gasteiger partial charge in [-0.25, -0.2) is 4.68 Å². The number of hydrogen-bond acceptors (Lipinski definition) is 1. The molecule has 0 N–H and O–H groups in total. The molecule has 1 heterocycles. The summed E-state index contributed by atoms with van der Waals surface area (Å²) in [6, 6.07) is 0. The van der Waals surface area contributed by atoms with Gasteiger partial charge in [-0.3, -0.25) is 0 Å². The Bertz CT molecular complexity index is 301. The van der Waals surface area contributed by atoms with E-state index in [1.54, 1.807) is 0 Å². The molecule has 12 heavy (non-hydrogen) atoms. The molecule has 0 aliphatic heterocycles. The molecule has 0 radical (unpaired) electrons. The van der Waals surface area contributed by atoms with Gasteiger partial charge < -0.3 is 0 Å². The molecule has 0 aliphatic rings. The molecular formula is C7H9FI2N2. The second kappa shape index (κ2) is 3.39. The first-order valence-electron chi connectivity index (χ1n) is 3.44. The molecule has 0 atom stereocenters. The van der Waals surface area contributed by atoms with Crippen molar-refractivity contribution in [2.45, 2.75) is 26.3 Å². The van der Waals surface area contributed by atoms with Crippen LogP contribution in [0.15, 0.2) is 0 Å². The zero-order chi connectivity index (χ0) is 9.52. The Hall–Kier alpha value is 0.600. The van der Waals surface area contributed by atoms with Crippen molar-refractivity contribution in [1.82, 2.24) is 9.78 Å². The molecule has 2 nitrogen and oxygen atoms in total. The first kappa shape index (κ1) is 10.7. The minimum absolute atomic E-state index is 0.243. The van der Waals surface area contributed by atoms with Crippen LogP contribution in [-0.2, 0) is 5.54 Å². The van der Waals surface area contributed by atoms with E-state index in [1.807, 2.05) is 66.0 Å². The van der Waals surface area contributed by atoms with Crippen LogP contribution < -0.4 is 0 Å². The molecule has 0 fully saturated rings. The molecule has 0 saturated carbocycles. The van der Waals surface area contributed by atoms with Gasteiger partial charge in [-0.1, -0.05) is 0 Å². The summed E-state index contributed by atoms with van der Waals surface area (Å²) >= 11 is 4.00. The summed E-state index contributed by atoms with van der Waals surface area (Å²) in [6.07, 6.45) is 0. The van der Waals surface area contributed by atoms with Crippen LogP contribution in [0.3, 0.4) is 0 Å².